The summed E-state index contributed by atoms with van der Waals surface area (Å²) in [6, 6.07) is 0. The zero-order valence-corrected chi connectivity index (χ0v) is 8.03. The van der Waals surface area contributed by atoms with Crippen LogP contribution in [0, 0.1) is 5.92 Å². The molecule has 0 aromatic rings. The highest BCUT2D eigenvalue weighted by molar-refractivity contribution is 8.23. The van der Waals surface area contributed by atoms with Crippen LogP contribution in [0.3, 0.4) is 0 Å². The third kappa shape index (κ3) is 6.52. The largest absolute Gasteiger partial charge is 0.396 e. The van der Waals surface area contributed by atoms with Crippen molar-refractivity contribution in [3.05, 3.63) is 0 Å². The Labute approximate surface area is 67.5 Å². The summed E-state index contributed by atoms with van der Waals surface area (Å²) >= 11 is 0. The summed E-state index contributed by atoms with van der Waals surface area (Å²) in [7, 11) is 3.15. The van der Waals surface area contributed by atoms with Gasteiger partial charge in [0.05, 0.1) is 0 Å². The molecule has 10 heavy (non-hydrogen) atoms. The maximum absolute atomic E-state index is 11.0. The van der Waals surface area contributed by atoms with Gasteiger partial charge in [-0.3, -0.25) is 4.21 Å². The van der Waals surface area contributed by atoms with Crippen molar-refractivity contribution in [1.82, 2.24) is 0 Å². The van der Waals surface area contributed by atoms with E-state index in [1.165, 1.54) is 0 Å². The van der Waals surface area contributed by atoms with Gasteiger partial charge in [-0.15, -0.1) is 0 Å². The molecule has 0 spiro atoms. The van der Waals surface area contributed by atoms with Crippen LogP contribution >= 0.6 is 10.7 Å². The monoisotopic (exact) mass is 186 g/mol. The molecule has 0 bridgehead atoms. The van der Waals surface area contributed by atoms with E-state index >= 15 is 0 Å². The standard InChI is InChI=1S/C6H15ClO2S/c1-6(3-4-8)5-10(2,7)9/h6,8,10H,3-5H2,1-2H3. The number of aliphatic hydroxyl groups is 1. The topological polar surface area (TPSA) is 37.3 Å². The molecule has 0 amide bonds. The maximum atomic E-state index is 11.0. The predicted molar refractivity (Wildman–Crippen MR) is 47.0 cm³/mol. The Bertz CT molecular complexity index is 132. The van der Waals surface area contributed by atoms with Crippen molar-refractivity contribution in [2.45, 2.75) is 13.3 Å². The highest BCUT2D eigenvalue weighted by atomic mass is 35.7. The summed E-state index contributed by atoms with van der Waals surface area (Å²) in [5, 5.41) is 8.50. The van der Waals surface area contributed by atoms with Crippen LogP contribution in [0.25, 0.3) is 0 Å². The summed E-state index contributed by atoms with van der Waals surface area (Å²) in [6.07, 6.45) is 2.24. The number of hydrogen-bond donors (Lipinski definition) is 2. The molecule has 0 aliphatic carbocycles. The van der Waals surface area contributed by atoms with E-state index in [1.54, 1.807) is 6.26 Å². The average molecular weight is 187 g/mol. The Morgan fingerprint density at radius 1 is 1.70 bits per heavy atom. The van der Waals surface area contributed by atoms with Crippen LogP contribution in [0.1, 0.15) is 13.3 Å². The van der Waals surface area contributed by atoms with Gasteiger partial charge in [-0.05, 0) is 32.2 Å². The zero-order valence-electron chi connectivity index (χ0n) is 6.38. The van der Waals surface area contributed by atoms with Crippen molar-refractivity contribution in [1.29, 1.82) is 0 Å². The summed E-state index contributed by atoms with van der Waals surface area (Å²) in [5.74, 6) is 0.785. The Morgan fingerprint density at radius 2 is 2.20 bits per heavy atom. The van der Waals surface area contributed by atoms with Crippen molar-refractivity contribution in [2.75, 3.05) is 18.6 Å². The van der Waals surface area contributed by atoms with E-state index in [0.717, 1.165) is 0 Å². The minimum absolute atomic E-state index is 0.151. The highest BCUT2D eigenvalue weighted by Gasteiger charge is 2.09. The molecule has 0 aliphatic rings. The molecule has 0 saturated heterocycles. The SMILES string of the molecule is CC(CCO)C[SH](C)(=O)Cl. The molecular formula is C6H15ClO2S. The second-order valence-corrected chi connectivity index (χ2v) is 7.27. The Kier molecular flexibility index (Phi) is 4.49. The fraction of sp³-hybridized carbons (Fsp3) is 1.00. The average Bonchev–Trinajstić information content (AvgIpc) is 1.59. The molecule has 1 unspecified atom stereocenters. The minimum Gasteiger partial charge on any atom is -0.396 e. The Balaban J connectivity index is 3.58. The van der Waals surface area contributed by atoms with Gasteiger partial charge in [0.2, 0.25) is 0 Å². The lowest BCUT2D eigenvalue weighted by molar-refractivity contribution is 0.268. The lowest BCUT2D eigenvalue weighted by Crippen LogP contribution is -2.14. The molecule has 0 fully saturated rings. The van der Waals surface area contributed by atoms with Crippen LogP contribution < -0.4 is 0 Å². The van der Waals surface area contributed by atoms with Crippen LogP contribution in [-0.4, -0.2) is 27.9 Å². The molecule has 0 aromatic carbocycles. The van der Waals surface area contributed by atoms with Crippen molar-refractivity contribution < 1.29 is 9.32 Å². The number of halogens is 1. The molecule has 0 aliphatic heterocycles. The molecule has 0 aromatic heterocycles. The molecule has 0 saturated carbocycles. The van der Waals surface area contributed by atoms with Crippen molar-refractivity contribution >= 4 is 19.8 Å². The molecule has 1 atom stereocenters. The van der Waals surface area contributed by atoms with Gasteiger partial charge in [-0.1, -0.05) is 6.92 Å². The molecule has 0 radical (unpaired) electrons. The molecule has 0 rings (SSSR count). The van der Waals surface area contributed by atoms with E-state index in [4.69, 9.17) is 15.8 Å². The first-order chi connectivity index (χ1) is 4.45. The normalized spacial score (nSPS) is 16.8. The minimum atomic E-state index is -2.39. The number of hydrogen-bond acceptors (Lipinski definition) is 2. The van der Waals surface area contributed by atoms with Crippen LogP contribution in [0.15, 0.2) is 0 Å². The van der Waals surface area contributed by atoms with Gasteiger partial charge in [0.1, 0.15) is 0 Å². The first-order valence-electron chi connectivity index (χ1n) is 3.33. The molecule has 1 N–H and O–H groups in total. The third-order valence-electron chi connectivity index (χ3n) is 1.26. The first-order valence-corrected chi connectivity index (χ1v) is 6.57. The number of rotatable bonds is 4. The number of aliphatic hydroxyl groups excluding tert-OH is 1. The fourth-order valence-electron chi connectivity index (χ4n) is 0.868. The molecule has 2 nitrogen and oxygen atoms in total. The van der Waals surface area contributed by atoms with E-state index in [-0.39, 0.29) is 12.5 Å². The van der Waals surface area contributed by atoms with Gasteiger partial charge in [0.25, 0.3) is 0 Å². The zero-order chi connectivity index (χ0) is 8.20. The lowest BCUT2D eigenvalue weighted by Gasteiger charge is -2.14. The fourth-order valence-corrected chi connectivity index (χ4v) is 2.87. The first kappa shape index (κ1) is 10.4. The molecule has 4 heteroatoms. The maximum Gasteiger partial charge on any atom is 0.0433 e. The van der Waals surface area contributed by atoms with Gasteiger partial charge in [-0.2, -0.15) is 0 Å². The summed E-state index contributed by atoms with van der Waals surface area (Å²) in [5.41, 5.74) is 0. The third-order valence-corrected chi connectivity index (χ3v) is 2.95. The van der Waals surface area contributed by atoms with E-state index in [0.29, 0.717) is 12.2 Å². The molecule has 64 valence electrons. The van der Waals surface area contributed by atoms with Crippen LogP contribution in [-0.2, 0) is 9.15 Å². The quantitative estimate of drug-likeness (QED) is 0.504. The van der Waals surface area contributed by atoms with E-state index in [9.17, 15) is 4.21 Å². The Hall–Kier alpha value is 0.400. The highest BCUT2D eigenvalue weighted by Crippen LogP contribution is 2.13. The predicted octanol–water partition coefficient (Wildman–Crippen LogP) is 0.805. The van der Waals surface area contributed by atoms with Crippen molar-refractivity contribution in [2.24, 2.45) is 5.92 Å². The Morgan fingerprint density at radius 3 is 2.50 bits per heavy atom. The van der Waals surface area contributed by atoms with E-state index in [2.05, 4.69) is 0 Å². The van der Waals surface area contributed by atoms with Crippen LogP contribution in [0.2, 0.25) is 0 Å². The second-order valence-electron chi connectivity index (χ2n) is 2.79. The van der Waals surface area contributed by atoms with Gasteiger partial charge in [0.15, 0.2) is 0 Å². The van der Waals surface area contributed by atoms with Gasteiger partial charge >= 0.3 is 0 Å². The van der Waals surface area contributed by atoms with Crippen molar-refractivity contribution in [3.8, 4) is 0 Å². The van der Waals surface area contributed by atoms with E-state index < -0.39 is 9.15 Å². The van der Waals surface area contributed by atoms with Crippen LogP contribution in [0.4, 0.5) is 0 Å². The summed E-state index contributed by atoms with van der Waals surface area (Å²) < 4.78 is 11.0. The molecular weight excluding hydrogens is 172 g/mol. The summed E-state index contributed by atoms with van der Waals surface area (Å²) in [4.78, 5) is 0. The lowest BCUT2D eigenvalue weighted by atomic mass is 10.1. The van der Waals surface area contributed by atoms with E-state index in [1.807, 2.05) is 6.92 Å². The smallest absolute Gasteiger partial charge is 0.0433 e. The summed E-state index contributed by atoms with van der Waals surface area (Å²) in [6.45, 7) is 2.09. The van der Waals surface area contributed by atoms with Gasteiger partial charge < -0.3 is 5.11 Å². The number of thiol groups is 1. The second kappa shape index (κ2) is 4.31. The molecule has 0 heterocycles. The van der Waals surface area contributed by atoms with Gasteiger partial charge in [0, 0.05) is 18.6 Å². The van der Waals surface area contributed by atoms with Crippen molar-refractivity contribution in [3.63, 3.8) is 0 Å². The van der Waals surface area contributed by atoms with Crippen LogP contribution in [0.5, 0.6) is 0 Å². The van der Waals surface area contributed by atoms with Gasteiger partial charge in [-0.25, -0.2) is 0 Å².